The number of benzene rings is 1. The quantitative estimate of drug-likeness (QED) is 0.661. The highest BCUT2D eigenvalue weighted by molar-refractivity contribution is 5.40. The molecule has 0 aliphatic heterocycles. The summed E-state index contributed by atoms with van der Waals surface area (Å²) in [5.74, 6) is 0.320. The van der Waals surface area contributed by atoms with Crippen molar-refractivity contribution in [2.24, 2.45) is 5.73 Å². The monoisotopic (exact) mass is 163 g/mol. The highest BCUT2D eigenvalue weighted by atomic mass is 16.3. The van der Waals surface area contributed by atoms with Crippen LogP contribution in [0.1, 0.15) is 24.0 Å². The van der Waals surface area contributed by atoms with E-state index in [1.54, 1.807) is 12.1 Å². The van der Waals surface area contributed by atoms with Gasteiger partial charge in [-0.25, -0.2) is 0 Å². The molecule has 0 spiro atoms. The highest BCUT2D eigenvalue weighted by Gasteiger charge is 2.40. The smallest absolute Gasteiger partial charge is 0.115 e. The molecule has 0 radical (unpaired) electrons. The molecule has 0 unspecified atom stereocenters. The van der Waals surface area contributed by atoms with E-state index in [1.165, 1.54) is 5.56 Å². The zero-order chi connectivity index (χ0) is 8.77. The van der Waals surface area contributed by atoms with Gasteiger partial charge in [0.2, 0.25) is 0 Å². The highest BCUT2D eigenvalue weighted by Crippen LogP contribution is 2.44. The Morgan fingerprint density at radius 1 is 1.42 bits per heavy atom. The number of nitrogens with two attached hydrogens (primary N) is 1. The van der Waals surface area contributed by atoms with Gasteiger partial charge in [0.25, 0.3) is 0 Å². The maximum Gasteiger partial charge on any atom is 0.115 e. The van der Waals surface area contributed by atoms with E-state index < -0.39 is 0 Å². The van der Waals surface area contributed by atoms with Crippen LogP contribution in [0.2, 0.25) is 0 Å². The van der Waals surface area contributed by atoms with Gasteiger partial charge in [0.1, 0.15) is 5.75 Å². The second-order valence-corrected chi connectivity index (χ2v) is 3.66. The molecule has 1 fully saturated rings. The minimum absolute atomic E-state index is 0.0855. The Morgan fingerprint density at radius 3 is 2.58 bits per heavy atom. The molecule has 0 bridgehead atoms. The summed E-state index contributed by atoms with van der Waals surface area (Å²) < 4.78 is 0. The van der Waals surface area contributed by atoms with E-state index in [2.05, 4.69) is 0 Å². The van der Waals surface area contributed by atoms with Gasteiger partial charge in [0.05, 0.1) is 0 Å². The Labute approximate surface area is 72.0 Å². The van der Waals surface area contributed by atoms with E-state index in [1.807, 2.05) is 13.0 Å². The van der Waals surface area contributed by atoms with E-state index in [0.29, 0.717) is 5.75 Å². The fourth-order valence-corrected chi connectivity index (χ4v) is 1.61. The second-order valence-electron chi connectivity index (χ2n) is 3.66. The lowest BCUT2D eigenvalue weighted by Gasteiger charge is -2.12. The van der Waals surface area contributed by atoms with Gasteiger partial charge in [0, 0.05) is 5.54 Å². The van der Waals surface area contributed by atoms with Crippen molar-refractivity contribution in [1.82, 2.24) is 0 Å². The van der Waals surface area contributed by atoms with Crippen LogP contribution in [0.15, 0.2) is 18.2 Å². The SMILES string of the molecule is Cc1cc(O)ccc1C1(N)CC1. The molecule has 1 aliphatic carbocycles. The number of phenols is 1. The van der Waals surface area contributed by atoms with Crippen molar-refractivity contribution in [2.75, 3.05) is 0 Å². The van der Waals surface area contributed by atoms with Crippen molar-refractivity contribution < 1.29 is 5.11 Å². The van der Waals surface area contributed by atoms with Gasteiger partial charge in [0.15, 0.2) is 0 Å². The number of hydrogen-bond acceptors (Lipinski definition) is 2. The van der Waals surface area contributed by atoms with Crippen LogP contribution in [-0.2, 0) is 5.54 Å². The van der Waals surface area contributed by atoms with E-state index in [9.17, 15) is 5.11 Å². The summed E-state index contributed by atoms with van der Waals surface area (Å²) in [4.78, 5) is 0. The molecule has 64 valence electrons. The lowest BCUT2D eigenvalue weighted by molar-refractivity contribution is 0.474. The van der Waals surface area contributed by atoms with Crippen LogP contribution in [0.25, 0.3) is 0 Å². The van der Waals surface area contributed by atoms with Crippen molar-refractivity contribution >= 4 is 0 Å². The molecule has 1 aromatic carbocycles. The van der Waals surface area contributed by atoms with Gasteiger partial charge in [-0.05, 0) is 43.0 Å². The van der Waals surface area contributed by atoms with Crippen molar-refractivity contribution in [3.63, 3.8) is 0 Å². The third-order valence-electron chi connectivity index (χ3n) is 2.54. The molecule has 12 heavy (non-hydrogen) atoms. The molecule has 1 aliphatic rings. The largest absolute Gasteiger partial charge is 0.508 e. The number of aryl methyl sites for hydroxylation is 1. The molecular weight excluding hydrogens is 150 g/mol. The zero-order valence-electron chi connectivity index (χ0n) is 7.17. The van der Waals surface area contributed by atoms with Crippen LogP contribution in [0, 0.1) is 6.92 Å². The first-order chi connectivity index (χ1) is 5.62. The minimum atomic E-state index is -0.0855. The maximum atomic E-state index is 9.18. The molecule has 2 rings (SSSR count). The van der Waals surface area contributed by atoms with Crippen molar-refractivity contribution in [2.45, 2.75) is 25.3 Å². The lowest BCUT2D eigenvalue weighted by atomic mass is 10.00. The van der Waals surface area contributed by atoms with Crippen LogP contribution >= 0.6 is 0 Å². The molecule has 0 saturated heterocycles. The first-order valence-corrected chi connectivity index (χ1v) is 4.21. The van der Waals surface area contributed by atoms with Crippen LogP contribution in [0.3, 0.4) is 0 Å². The van der Waals surface area contributed by atoms with Gasteiger partial charge < -0.3 is 10.8 Å². The molecule has 2 heteroatoms. The van der Waals surface area contributed by atoms with E-state index in [0.717, 1.165) is 18.4 Å². The number of hydrogen-bond donors (Lipinski definition) is 2. The summed E-state index contributed by atoms with van der Waals surface area (Å²) >= 11 is 0. The van der Waals surface area contributed by atoms with Crippen LogP contribution < -0.4 is 5.73 Å². The molecule has 1 aromatic rings. The molecule has 0 amide bonds. The van der Waals surface area contributed by atoms with E-state index in [-0.39, 0.29) is 5.54 Å². The molecule has 3 N–H and O–H groups in total. The van der Waals surface area contributed by atoms with Crippen LogP contribution in [0.4, 0.5) is 0 Å². The van der Waals surface area contributed by atoms with E-state index in [4.69, 9.17) is 5.73 Å². The average Bonchev–Trinajstić information content (AvgIpc) is 2.68. The number of rotatable bonds is 1. The average molecular weight is 163 g/mol. The number of phenolic OH excluding ortho intramolecular Hbond substituents is 1. The summed E-state index contributed by atoms with van der Waals surface area (Å²) in [6.45, 7) is 1.99. The zero-order valence-corrected chi connectivity index (χ0v) is 7.17. The van der Waals surface area contributed by atoms with Crippen LogP contribution in [0.5, 0.6) is 5.75 Å². The fourth-order valence-electron chi connectivity index (χ4n) is 1.61. The predicted molar refractivity (Wildman–Crippen MR) is 47.9 cm³/mol. The minimum Gasteiger partial charge on any atom is -0.508 e. The summed E-state index contributed by atoms with van der Waals surface area (Å²) in [6, 6.07) is 5.40. The first-order valence-electron chi connectivity index (χ1n) is 4.21. The van der Waals surface area contributed by atoms with Crippen molar-refractivity contribution in [1.29, 1.82) is 0 Å². The molecule has 1 saturated carbocycles. The molecular formula is C10H13NO. The summed E-state index contributed by atoms with van der Waals surface area (Å²) in [5, 5.41) is 9.18. The summed E-state index contributed by atoms with van der Waals surface area (Å²) in [5.41, 5.74) is 8.23. The topological polar surface area (TPSA) is 46.2 Å². The van der Waals surface area contributed by atoms with Gasteiger partial charge in [-0.1, -0.05) is 6.07 Å². The molecule has 2 nitrogen and oxygen atoms in total. The second kappa shape index (κ2) is 2.23. The Balaban J connectivity index is 2.45. The third-order valence-corrected chi connectivity index (χ3v) is 2.54. The summed E-state index contributed by atoms with van der Waals surface area (Å²) in [7, 11) is 0. The Kier molecular flexibility index (Phi) is 1.42. The fraction of sp³-hybridized carbons (Fsp3) is 0.400. The molecule has 0 aromatic heterocycles. The normalized spacial score (nSPS) is 19.2. The Hall–Kier alpha value is -1.02. The molecule has 0 heterocycles. The standard InChI is InChI=1S/C10H13NO/c1-7-6-8(12)2-3-9(7)10(11)4-5-10/h2-3,6,12H,4-5,11H2,1H3. The first kappa shape index (κ1) is 7.62. The number of aromatic hydroxyl groups is 1. The molecule has 0 atom stereocenters. The predicted octanol–water partition coefficient (Wildman–Crippen LogP) is 1.65. The van der Waals surface area contributed by atoms with Crippen LogP contribution in [-0.4, -0.2) is 5.11 Å². The summed E-state index contributed by atoms with van der Waals surface area (Å²) in [6.07, 6.45) is 2.14. The Bertz CT molecular complexity index is 316. The van der Waals surface area contributed by atoms with Crippen molar-refractivity contribution in [3.05, 3.63) is 29.3 Å². The van der Waals surface area contributed by atoms with Gasteiger partial charge >= 0.3 is 0 Å². The maximum absolute atomic E-state index is 9.18. The lowest BCUT2D eigenvalue weighted by Crippen LogP contribution is -2.19. The van der Waals surface area contributed by atoms with E-state index >= 15 is 0 Å². The van der Waals surface area contributed by atoms with Gasteiger partial charge in [-0.15, -0.1) is 0 Å². The third kappa shape index (κ3) is 1.08. The van der Waals surface area contributed by atoms with Gasteiger partial charge in [-0.2, -0.15) is 0 Å². The van der Waals surface area contributed by atoms with Crippen molar-refractivity contribution in [3.8, 4) is 5.75 Å². The Morgan fingerprint density at radius 2 is 2.08 bits per heavy atom. The van der Waals surface area contributed by atoms with Gasteiger partial charge in [-0.3, -0.25) is 0 Å².